The van der Waals surface area contributed by atoms with Gasteiger partial charge in [0.2, 0.25) is 10.0 Å². The predicted octanol–water partition coefficient (Wildman–Crippen LogP) is 2.63. The van der Waals surface area contributed by atoms with Crippen molar-refractivity contribution in [1.29, 1.82) is 0 Å². The molecule has 0 aliphatic rings. The fourth-order valence-corrected chi connectivity index (χ4v) is 4.20. The maximum Gasteiger partial charge on any atom is 0.241 e. The zero-order valence-corrected chi connectivity index (χ0v) is 16.7. The van der Waals surface area contributed by atoms with Crippen LogP contribution in [0.3, 0.4) is 0 Å². The summed E-state index contributed by atoms with van der Waals surface area (Å²) in [5.74, 6) is 0. The molecule has 0 fully saturated rings. The van der Waals surface area contributed by atoms with Gasteiger partial charge in [0.25, 0.3) is 0 Å². The molecule has 0 spiro atoms. The predicted molar refractivity (Wildman–Crippen MR) is 111 cm³/mol. The number of hydrogen-bond donors (Lipinski definition) is 2. The van der Waals surface area contributed by atoms with Crippen LogP contribution in [-0.2, 0) is 21.4 Å². The van der Waals surface area contributed by atoms with E-state index in [1.165, 1.54) is 5.56 Å². The summed E-state index contributed by atoms with van der Waals surface area (Å²) in [5.41, 5.74) is 2.37. The Bertz CT molecular complexity index is 1020. The third-order valence-electron chi connectivity index (χ3n) is 4.30. The number of nitrogens with zero attached hydrogens (tertiary/aromatic N) is 1. The van der Waals surface area contributed by atoms with Crippen molar-refractivity contribution in [2.75, 3.05) is 26.2 Å². The molecule has 0 amide bonds. The van der Waals surface area contributed by atoms with Crippen LogP contribution >= 0.6 is 0 Å². The largest absolute Gasteiger partial charge is 0.375 e. The van der Waals surface area contributed by atoms with E-state index in [1.807, 2.05) is 18.2 Å². The minimum atomic E-state index is -3.57. The maximum absolute atomic E-state index is 12.6. The van der Waals surface area contributed by atoms with Gasteiger partial charge in [0.05, 0.1) is 18.1 Å². The molecule has 148 valence electrons. The van der Waals surface area contributed by atoms with Crippen LogP contribution in [0.25, 0.3) is 10.8 Å². The van der Waals surface area contributed by atoms with E-state index in [0.29, 0.717) is 38.2 Å². The summed E-state index contributed by atoms with van der Waals surface area (Å²) in [6.07, 6.45) is 3.26. The molecular formula is C21H25N3O3S. The topological polar surface area (TPSA) is 80.3 Å². The maximum atomic E-state index is 12.6. The van der Waals surface area contributed by atoms with Crippen molar-refractivity contribution in [3.05, 3.63) is 72.1 Å². The minimum absolute atomic E-state index is 0.272. The van der Waals surface area contributed by atoms with Crippen LogP contribution in [0, 0.1) is 6.92 Å². The lowest BCUT2D eigenvalue weighted by Gasteiger charge is -2.10. The molecule has 0 saturated heterocycles. The number of aromatic nitrogens is 1. The molecule has 1 aromatic heterocycles. The van der Waals surface area contributed by atoms with Gasteiger partial charge in [0.15, 0.2) is 0 Å². The molecule has 0 saturated carbocycles. The van der Waals surface area contributed by atoms with E-state index >= 15 is 0 Å². The van der Waals surface area contributed by atoms with Gasteiger partial charge in [0, 0.05) is 42.8 Å². The number of aryl methyl sites for hydroxylation is 1. The molecule has 6 nitrogen and oxygen atoms in total. The van der Waals surface area contributed by atoms with Crippen LogP contribution in [0.4, 0.5) is 0 Å². The molecule has 2 aromatic carbocycles. The van der Waals surface area contributed by atoms with Gasteiger partial charge in [0.1, 0.15) is 0 Å². The molecule has 0 aliphatic carbocycles. The minimum Gasteiger partial charge on any atom is -0.375 e. The molecule has 0 radical (unpaired) electrons. The Labute approximate surface area is 166 Å². The summed E-state index contributed by atoms with van der Waals surface area (Å²) < 4.78 is 33.4. The standard InChI is InChI=1S/C21H25N3O3S/c1-17-4-2-5-18(14-17)16-27-13-12-22-10-11-24-28(25,26)21-7-3-6-19-15-23-9-8-20(19)21/h2-9,14-15,22,24H,10-13,16H2,1H3. The van der Waals surface area contributed by atoms with Gasteiger partial charge in [-0.15, -0.1) is 0 Å². The number of fused-ring (bicyclic) bond motifs is 1. The summed E-state index contributed by atoms with van der Waals surface area (Å²) in [6, 6.07) is 15.1. The number of rotatable bonds is 10. The summed E-state index contributed by atoms with van der Waals surface area (Å²) >= 11 is 0. The lowest BCUT2D eigenvalue weighted by Crippen LogP contribution is -2.33. The Kier molecular flexibility index (Phi) is 7.11. The Morgan fingerprint density at radius 2 is 1.89 bits per heavy atom. The van der Waals surface area contributed by atoms with Crippen molar-refractivity contribution in [3.63, 3.8) is 0 Å². The summed E-state index contributed by atoms with van der Waals surface area (Å²) in [4.78, 5) is 4.31. The van der Waals surface area contributed by atoms with E-state index < -0.39 is 10.0 Å². The molecular weight excluding hydrogens is 374 g/mol. The molecule has 0 atom stereocenters. The average Bonchev–Trinajstić information content (AvgIpc) is 2.69. The van der Waals surface area contributed by atoms with Crippen molar-refractivity contribution in [2.24, 2.45) is 0 Å². The van der Waals surface area contributed by atoms with Crippen LogP contribution in [0.2, 0.25) is 0 Å². The van der Waals surface area contributed by atoms with Gasteiger partial charge in [-0.1, -0.05) is 42.0 Å². The smallest absolute Gasteiger partial charge is 0.241 e. The number of sulfonamides is 1. The van der Waals surface area contributed by atoms with Gasteiger partial charge >= 0.3 is 0 Å². The number of hydrogen-bond acceptors (Lipinski definition) is 5. The van der Waals surface area contributed by atoms with Gasteiger partial charge in [-0.05, 0) is 24.6 Å². The first kappa shape index (κ1) is 20.4. The Balaban J connectivity index is 1.39. The van der Waals surface area contributed by atoms with Crippen molar-refractivity contribution >= 4 is 20.8 Å². The first-order valence-electron chi connectivity index (χ1n) is 9.23. The molecule has 3 rings (SSSR count). The highest BCUT2D eigenvalue weighted by Crippen LogP contribution is 2.21. The normalized spacial score (nSPS) is 11.8. The van der Waals surface area contributed by atoms with E-state index in [-0.39, 0.29) is 4.90 Å². The molecule has 7 heteroatoms. The Morgan fingerprint density at radius 3 is 2.75 bits per heavy atom. The second-order valence-corrected chi connectivity index (χ2v) is 8.28. The first-order valence-corrected chi connectivity index (χ1v) is 10.7. The summed E-state index contributed by atoms with van der Waals surface area (Å²) in [6.45, 7) is 4.69. The van der Waals surface area contributed by atoms with Crippen molar-refractivity contribution in [2.45, 2.75) is 18.4 Å². The van der Waals surface area contributed by atoms with Crippen LogP contribution in [-0.4, -0.2) is 39.6 Å². The number of nitrogens with one attached hydrogen (secondary N) is 2. The molecule has 0 bridgehead atoms. The van der Waals surface area contributed by atoms with Gasteiger partial charge in [-0.2, -0.15) is 0 Å². The van der Waals surface area contributed by atoms with E-state index in [9.17, 15) is 8.42 Å². The van der Waals surface area contributed by atoms with Crippen LogP contribution < -0.4 is 10.0 Å². The monoisotopic (exact) mass is 399 g/mol. The van der Waals surface area contributed by atoms with E-state index in [0.717, 1.165) is 10.9 Å². The van der Waals surface area contributed by atoms with Crippen molar-refractivity contribution in [3.8, 4) is 0 Å². The molecule has 28 heavy (non-hydrogen) atoms. The number of pyridine rings is 1. The van der Waals surface area contributed by atoms with E-state index in [4.69, 9.17) is 4.74 Å². The highest BCUT2D eigenvalue weighted by atomic mass is 32.2. The number of benzene rings is 2. The van der Waals surface area contributed by atoms with Gasteiger partial charge in [-0.3, -0.25) is 4.98 Å². The third-order valence-corrected chi connectivity index (χ3v) is 5.82. The van der Waals surface area contributed by atoms with Crippen LogP contribution in [0.5, 0.6) is 0 Å². The second kappa shape index (κ2) is 9.75. The Morgan fingerprint density at radius 1 is 1.04 bits per heavy atom. The fourth-order valence-electron chi connectivity index (χ4n) is 2.94. The molecule has 0 aliphatic heterocycles. The van der Waals surface area contributed by atoms with E-state index in [1.54, 1.807) is 30.6 Å². The zero-order chi connectivity index (χ0) is 19.8. The first-order chi connectivity index (χ1) is 13.6. The average molecular weight is 400 g/mol. The zero-order valence-electron chi connectivity index (χ0n) is 15.9. The lowest BCUT2D eigenvalue weighted by molar-refractivity contribution is 0.123. The van der Waals surface area contributed by atoms with Crippen molar-refractivity contribution < 1.29 is 13.2 Å². The van der Waals surface area contributed by atoms with Crippen LogP contribution in [0.15, 0.2) is 65.8 Å². The molecule has 1 heterocycles. The fraction of sp³-hybridized carbons (Fsp3) is 0.286. The number of ether oxygens (including phenoxy) is 1. The quantitative estimate of drug-likeness (QED) is 0.512. The summed E-state index contributed by atoms with van der Waals surface area (Å²) in [5, 5.41) is 4.65. The molecule has 3 aromatic rings. The summed E-state index contributed by atoms with van der Waals surface area (Å²) in [7, 11) is -3.57. The van der Waals surface area contributed by atoms with Crippen molar-refractivity contribution in [1.82, 2.24) is 15.0 Å². The molecule has 0 unspecified atom stereocenters. The second-order valence-electron chi connectivity index (χ2n) is 6.54. The van der Waals surface area contributed by atoms with Gasteiger partial charge in [-0.25, -0.2) is 13.1 Å². The van der Waals surface area contributed by atoms with Crippen LogP contribution in [0.1, 0.15) is 11.1 Å². The highest BCUT2D eigenvalue weighted by molar-refractivity contribution is 7.89. The SMILES string of the molecule is Cc1cccc(COCCNCCNS(=O)(=O)c2cccc3cnccc23)c1. The third kappa shape index (κ3) is 5.59. The highest BCUT2D eigenvalue weighted by Gasteiger charge is 2.16. The Hall–Kier alpha value is -2.32. The van der Waals surface area contributed by atoms with E-state index in [2.05, 4.69) is 34.1 Å². The molecule has 2 N–H and O–H groups in total. The lowest BCUT2D eigenvalue weighted by atomic mass is 10.1. The van der Waals surface area contributed by atoms with Gasteiger partial charge < -0.3 is 10.1 Å².